The van der Waals surface area contributed by atoms with Crippen LogP contribution in [0.2, 0.25) is 0 Å². The normalized spacial score (nSPS) is 19.5. The van der Waals surface area contributed by atoms with E-state index in [1.165, 1.54) is 15.9 Å². The molecule has 0 unspecified atom stereocenters. The fourth-order valence-corrected chi connectivity index (χ4v) is 3.39. The number of para-hydroxylation sites is 2. The summed E-state index contributed by atoms with van der Waals surface area (Å²) in [6.45, 7) is 1.64. The van der Waals surface area contributed by atoms with E-state index in [1.807, 2.05) is 0 Å². The summed E-state index contributed by atoms with van der Waals surface area (Å²) in [7, 11) is 0. The second-order valence-electron chi connectivity index (χ2n) is 7.02. The number of carbonyl (C=O) groups excluding carboxylic acids is 3. The molecule has 0 saturated carbocycles. The maximum Gasteiger partial charge on any atom is 0.330 e. The summed E-state index contributed by atoms with van der Waals surface area (Å²) in [4.78, 5) is 50.8. The van der Waals surface area contributed by atoms with E-state index in [1.54, 1.807) is 49.4 Å². The SMILES string of the molecule is CCC(=O)[C@H]1C=CCN1C(=O)COc1ccccc1OCC(=O)N1CC=C[C@@H]1C(=O)O. The third kappa shape index (κ3) is 5.11. The van der Waals surface area contributed by atoms with E-state index in [9.17, 15) is 24.3 Å². The Morgan fingerprint density at radius 2 is 1.39 bits per heavy atom. The van der Waals surface area contributed by atoms with Gasteiger partial charge in [0.05, 0.1) is 0 Å². The Morgan fingerprint density at radius 1 is 0.903 bits per heavy atom. The minimum Gasteiger partial charge on any atom is -0.480 e. The molecule has 1 aromatic carbocycles. The first-order chi connectivity index (χ1) is 14.9. The van der Waals surface area contributed by atoms with E-state index in [0.717, 1.165) is 0 Å². The minimum absolute atomic E-state index is 0.0413. The van der Waals surface area contributed by atoms with Crippen LogP contribution in [0, 0.1) is 0 Å². The molecular weight excluding hydrogens is 404 g/mol. The number of amides is 2. The fourth-order valence-electron chi connectivity index (χ4n) is 3.39. The summed E-state index contributed by atoms with van der Waals surface area (Å²) in [6, 6.07) is 4.99. The fraction of sp³-hybridized carbons (Fsp3) is 0.364. The van der Waals surface area contributed by atoms with Gasteiger partial charge in [-0.1, -0.05) is 43.4 Å². The molecule has 0 aromatic heterocycles. The molecule has 0 radical (unpaired) electrons. The van der Waals surface area contributed by atoms with Crippen LogP contribution < -0.4 is 9.47 Å². The Bertz CT molecular complexity index is 924. The quantitative estimate of drug-likeness (QED) is 0.585. The molecule has 1 aromatic rings. The van der Waals surface area contributed by atoms with E-state index in [0.29, 0.717) is 13.0 Å². The number of Topliss-reactive ketones (excluding diaryl/α,β-unsaturated/α-hetero) is 1. The van der Waals surface area contributed by atoms with Crippen LogP contribution in [-0.4, -0.2) is 76.9 Å². The molecule has 164 valence electrons. The second kappa shape index (κ2) is 9.92. The average molecular weight is 428 g/mol. The zero-order valence-corrected chi connectivity index (χ0v) is 17.1. The molecule has 9 heteroatoms. The lowest BCUT2D eigenvalue weighted by Crippen LogP contribution is -2.43. The van der Waals surface area contributed by atoms with Crippen LogP contribution in [0.3, 0.4) is 0 Å². The van der Waals surface area contributed by atoms with Gasteiger partial charge in [-0.15, -0.1) is 0 Å². The largest absolute Gasteiger partial charge is 0.480 e. The van der Waals surface area contributed by atoms with Crippen molar-refractivity contribution in [1.29, 1.82) is 0 Å². The number of rotatable bonds is 9. The van der Waals surface area contributed by atoms with E-state index >= 15 is 0 Å². The van der Waals surface area contributed by atoms with E-state index < -0.39 is 24.0 Å². The summed E-state index contributed by atoms with van der Waals surface area (Å²) in [5, 5.41) is 9.18. The number of hydrogen-bond acceptors (Lipinski definition) is 6. The number of carboxylic acids is 1. The van der Waals surface area contributed by atoms with Gasteiger partial charge in [-0.2, -0.15) is 0 Å². The molecular formula is C22H24N2O7. The predicted molar refractivity (Wildman–Crippen MR) is 110 cm³/mol. The summed E-state index contributed by atoms with van der Waals surface area (Å²) in [5.41, 5.74) is 0. The van der Waals surface area contributed by atoms with Crippen molar-refractivity contribution in [1.82, 2.24) is 9.80 Å². The highest BCUT2D eigenvalue weighted by molar-refractivity contribution is 5.92. The Balaban J connectivity index is 1.57. The lowest BCUT2D eigenvalue weighted by molar-refractivity contribution is -0.147. The van der Waals surface area contributed by atoms with Crippen molar-refractivity contribution in [2.45, 2.75) is 25.4 Å². The maximum absolute atomic E-state index is 12.5. The van der Waals surface area contributed by atoms with Crippen molar-refractivity contribution in [3.63, 3.8) is 0 Å². The average Bonchev–Trinajstić information content (AvgIpc) is 3.45. The zero-order chi connectivity index (χ0) is 22.4. The smallest absolute Gasteiger partial charge is 0.330 e. The van der Waals surface area contributed by atoms with Crippen LogP contribution in [0.1, 0.15) is 13.3 Å². The van der Waals surface area contributed by atoms with E-state index in [-0.39, 0.29) is 42.9 Å². The molecule has 0 bridgehead atoms. The number of hydrogen-bond donors (Lipinski definition) is 1. The van der Waals surface area contributed by atoms with Gasteiger partial charge >= 0.3 is 5.97 Å². The lowest BCUT2D eigenvalue weighted by atomic mass is 10.1. The second-order valence-corrected chi connectivity index (χ2v) is 7.02. The number of ether oxygens (including phenoxy) is 2. The standard InChI is InChI=1S/C22H24N2O7/c1-2-17(25)15-7-5-11-23(15)20(26)13-30-18-9-3-4-10-19(18)31-14-21(27)24-12-6-8-16(24)22(28)29/h3-10,15-16H,2,11-14H2,1H3,(H,28,29)/t15-,16-/m1/s1. The van der Waals surface area contributed by atoms with Gasteiger partial charge in [-0.05, 0) is 12.1 Å². The van der Waals surface area contributed by atoms with Gasteiger partial charge in [-0.25, -0.2) is 4.79 Å². The molecule has 1 N–H and O–H groups in total. The van der Waals surface area contributed by atoms with Crippen LogP contribution in [0.15, 0.2) is 48.6 Å². The van der Waals surface area contributed by atoms with Crippen molar-refractivity contribution >= 4 is 23.6 Å². The molecule has 2 atom stereocenters. The zero-order valence-electron chi connectivity index (χ0n) is 17.1. The monoisotopic (exact) mass is 428 g/mol. The van der Waals surface area contributed by atoms with Crippen LogP contribution in [0.4, 0.5) is 0 Å². The molecule has 2 amide bonds. The van der Waals surface area contributed by atoms with Crippen LogP contribution in [-0.2, 0) is 19.2 Å². The van der Waals surface area contributed by atoms with Crippen molar-refractivity contribution in [3.05, 3.63) is 48.6 Å². The highest BCUT2D eigenvalue weighted by atomic mass is 16.5. The number of carbonyl (C=O) groups is 4. The summed E-state index contributed by atoms with van der Waals surface area (Å²) in [5.74, 6) is -1.45. The molecule has 3 rings (SSSR count). The van der Waals surface area contributed by atoms with Gasteiger partial charge in [0, 0.05) is 19.5 Å². The van der Waals surface area contributed by atoms with E-state index in [4.69, 9.17) is 9.47 Å². The van der Waals surface area contributed by atoms with Crippen LogP contribution in [0.5, 0.6) is 11.5 Å². The first-order valence-electron chi connectivity index (χ1n) is 9.94. The molecule has 0 fully saturated rings. The molecule has 2 heterocycles. The highest BCUT2D eigenvalue weighted by Crippen LogP contribution is 2.27. The molecule has 0 saturated heterocycles. The number of aliphatic carboxylic acids is 1. The summed E-state index contributed by atoms with van der Waals surface area (Å²) >= 11 is 0. The Hall–Kier alpha value is -3.62. The molecule has 31 heavy (non-hydrogen) atoms. The molecule has 9 nitrogen and oxygen atoms in total. The third-order valence-electron chi connectivity index (χ3n) is 5.04. The number of carboxylic acid groups (broad SMARTS) is 1. The molecule has 0 spiro atoms. The molecule has 0 aliphatic carbocycles. The minimum atomic E-state index is -1.11. The van der Waals surface area contributed by atoms with Gasteiger partial charge in [0.2, 0.25) is 0 Å². The number of ketones is 1. The number of benzene rings is 1. The van der Waals surface area contributed by atoms with Crippen molar-refractivity contribution < 1.29 is 33.8 Å². The van der Waals surface area contributed by atoms with Gasteiger partial charge < -0.3 is 24.4 Å². The van der Waals surface area contributed by atoms with Crippen LogP contribution in [0.25, 0.3) is 0 Å². The van der Waals surface area contributed by atoms with Gasteiger partial charge in [0.15, 0.2) is 30.5 Å². The topological polar surface area (TPSA) is 113 Å². The first kappa shape index (κ1) is 22.1. The third-order valence-corrected chi connectivity index (χ3v) is 5.04. The summed E-state index contributed by atoms with van der Waals surface area (Å²) in [6.07, 6.45) is 6.88. The molecule has 2 aliphatic rings. The lowest BCUT2D eigenvalue weighted by Gasteiger charge is -2.24. The maximum atomic E-state index is 12.5. The molecule has 2 aliphatic heterocycles. The van der Waals surface area contributed by atoms with Gasteiger partial charge in [0.25, 0.3) is 11.8 Å². The van der Waals surface area contributed by atoms with Crippen molar-refractivity contribution in [3.8, 4) is 11.5 Å². The Kier molecular flexibility index (Phi) is 7.07. The van der Waals surface area contributed by atoms with Crippen molar-refractivity contribution in [2.24, 2.45) is 0 Å². The van der Waals surface area contributed by atoms with E-state index in [2.05, 4.69) is 0 Å². The summed E-state index contributed by atoms with van der Waals surface area (Å²) < 4.78 is 11.1. The van der Waals surface area contributed by atoms with Crippen LogP contribution >= 0.6 is 0 Å². The first-order valence-corrected chi connectivity index (χ1v) is 9.94. The Labute approximate surface area is 179 Å². The van der Waals surface area contributed by atoms with Gasteiger partial charge in [-0.3, -0.25) is 14.4 Å². The van der Waals surface area contributed by atoms with Gasteiger partial charge in [0.1, 0.15) is 12.1 Å². The predicted octanol–water partition coefficient (Wildman–Crippen LogP) is 1.04. The number of nitrogens with zero attached hydrogens (tertiary/aromatic N) is 2. The Morgan fingerprint density at radius 3 is 1.87 bits per heavy atom. The highest BCUT2D eigenvalue weighted by Gasteiger charge is 2.31. The van der Waals surface area contributed by atoms with Crippen molar-refractivity contribution in [2.75, 3.05) is 26.3 Å².